The second-order valence-electron chi connectivity index (χ2n) is 4.12. The maximum absolute atomic E-state index is 13.2. The number of nitrogens with zero attached hydrogens (tertiary/aromatic N) is 1. The van der Waals surface area contributed by atoms with E-state index in [9.17, 15) is 4.39 Å². The summed E-state index contributed by atoms with van der Waals surface area (Å²) in [5, 5.41) is 0.983. The SMILES string of the molecule is Nc1cnc2ccccc2c1Sc1cccc(F)c1. The number of benzene rings is 2. The van der Waals surface area contributed by atoms with Crippen LogP contribution in [0.4, 0.5) is 10.1 Å². The monoisotopic (exact) mass is 270 g/mol. The summed E-state index contributed by atoms with van der Waals surface area (Å²) < 4.78 is 13.2. The number of hydrogen-bond acceptors (Lipinski definition) is 3. The zero-order valence-electron chi connectivity index (χ0n) is 10.0. The molecule has 0 radical (unpaired) electrons. The molecule has 0 aliphatic carbocycles. The van der Waals surface area contributed by atoms with Crippen molar-refractivity contribution in [3.8, 4) is 0 Å². The molecule has 0 aliphatic heterocycles. The summed E-state index contributed by atoms with van der Waals surface area (Å²) in [5.74, 6) is -0.248. The molecule has 4 heteroatoms. The van der Waals surface area contributed by atoms with Gasteiger partial charge >= 0.3 is 0 Å². The lowest BCUT2D eigenvalue weighted by atomic mass is 10.2. The number of hydrogen-bond donors (Lipinski definition) is 1. The molecular weight excluding hydrogens is 259 g/mol. The summed E-state index contributed by atoms with van der Waals surface area (Å²) in [4.78, 5) is 6.02. The van der Waals surface area contributed by atoms with Gasteiger partial charge in [0.15, 0.2) is 0 Å². The molecule has 3 aromatic rings. The first kappa shape index (κ1) is 12.0. The van der Waals surface area contributed by atoms with Gasteiger partial charge in [0.1, 0.15) is 5.82 Å². The Morgan fingerprint density at radius 2 is 1.89 bits per heavy atom. The van der Waals surface area contributed by atoms with Crippen LogP contribution in [0.1, 0.15) is 0 Å². The van der Waals surface area contributed by atoms with Gasteiger partial charge in [0, 0.05) is 15.2 Å². The molecular formula is C15H11FN2S. The van der Waals surface area contributed by atoms with Crippen LogP contribution >= 0.6 is 11.8 Å². The van der Waals surface area contributed by atoms with Crippen molar-refractivity contribution in [2.75, 3.05) is 5.73 Å². The Kier molecular flexibility index (Phi) is 3.09. The highest BCUT2D eigenvalue weighted by Gasteiger charge is 2.08. The number of rotatable bonds is 2. The summed E-state index contributed by atoms with van der Waals surface area (Å²) in [5.41, 5.74) is 7.48. The van der Waals surface area contributed by atoms with Crippen LogP contribution in [0.5, 0.6) is 0 Å². The molecule has 0 amide bonds. The lowest BCUT2D eigenvalue weighted by Crippen LogP contribution is -1.92. The Bertz CT molecular complexity index is 743. The molecule has 0 spiro atoms. The molecule has 0 saturated heterocycles. The number of nitrogens with two attached hydrogens (primary N) is 1. The van der Waals surface area contributed by atoms with Crippen LogP contribution in [-0.2, 0) is 0 Å². The van der Waals surface area contributed by atoms with E-state index in [2.05, 4.69) is 4.98 Å². The predicted molar refractivity (Wildman–Crippen MR) is 76.7 cm³/mol. The van der Waals surface area contributed by atoms with E-state index in [1.807, 2.05) is 30.3 Å². The minimum absolute atomic E-state index is 0.248. The molecule has 0 fully saturated rings. The van der Waals surface area contributed by atoms with E-state index in [0.29, 0.717) is 5.69 Å². The molecule has 94 valence electrons. The lowest BCUT2D eigenvalue weighted by molar-refractivity contribution is 0.624. The topological polar surface area (TPSA) is 38.9 Å². The van der Waals surface area contributed by atoms with Crippen molar-refractivity contribution >= 4 is 28.4 Å². The van der Waals surface area contributed by atoms with E-state index < -0.39 is 0 Å². The number of nitrogen functional groups attached to an aromatic ring is 1. The van der Waals surface area contributed by atoms with Crippen LogP contribution < -0.4 is 5.73 Å². The summed E-state index contributed by atoms with van der Waals surface area (Å²) in [6.45, 7) is 0. The van der Waals surface area contributed by atoms with E-state index >= 15 is 0 Å². The second-order valence-corrected chi connectivity index (χ2v) is 5.20. The van der Waals surface area contributed by atoms with Crippen molar-refractivity contribution < 1.29 is 4.39 Å². The van der Waals surface area contributed by atoms with Crippen molar-refractivity contribution in [2.45, 2.75) is 9.79 Å². The molecule has 2 aromatic carbocycles. The van der Waals surface area contributed by atoms with E-state index in [1.165, 1.54) is 23.9 Å². The Morgan fingerprint density at radius 3 is 2.74 bits per heavy atom. The van der Waals surface area contributed by atoms with Crippen molar-refractivity contribution in [1.82, 2.24) is 4.98 Å². The molecule has 2 N–H and O–H groups in total. The highest BCUT2D eigenvalue weighted by atomic mass is 32.2. The first-order chi connectivity index (χ1) is 9.24. The minimum atomic E-state index is -0.248. The highest BCUT2D eigenvalue weighted by molar-refractivity contribution is 7.99. The van der Waals surface area contributed by atoms with Crippen LogP contribution in [0.2, 0.25) is 0 Å². The quantitative estimate of drug-likeness (QED) is 0.761. The zero-order valence-corrected chi connectivity index (χ0v) is 10.8. The van der Waals surface area contributed by atoms with Gasteiger partial charge in [-0.1, -0.05) is 36.0 Å². The van der Waals surface area contributed by atoms with Gasteiger partial charge in [-0.05, 0) is 24.3 Å². The minimum Gasteiger partial charge on any atom is -0.397 e. The van der Waals surface area contributed by atoms with Crippen LogP contribution in [0, 0.1) is 5.82 Å². The largest absolute Gasteiger partial charge is 0.397 e. The van der Waals surface area contributed by atoms with Gasteiger partial charge in [0.25, 0.3) is 0 Å². The molecule has 0 bridgehead atoms. The van der Waals surface area contributed by atoms with Crippen LogP contribution in [-0.4, -0.2) is 4.98 Å². The number of para-hydroxylation sites is 1. The van der Waals surface area contributed by atoms with Crippen molar-refractivity contribution in [3.05, 3.63) is 60.5 Å². The van der Waals surface area contributed by atoms with E-state index in [1.54, 1.807) is 12.3 Å². The van der Waals surface area contributed by atoms with Gasteiger partial charge in [-0.2, -0.15) is 0 Å². The molecule has 19 heavy (non-hydrogen) atoms. The van der Waals surface area contributed by atoms with Crippen molar-refractivity contribution in [1.29, 1.82) is 0 Å². The zero-order chi connectivity index (χ0) is 13.2. The molecule has 3 rings (SSSR count). The van der Waals surface area contributed by atoms with Gasteiger partial charge in [0.2, 0.25) is 0 Å². The van der Waals surface area contributed by atoms with E-state index in [0.717, 1.165) is 20.7 Å². The first-order valence-electron chi connectivity index (χ1n) is 5.81. The molecule has 0 unspecified atom stereocenters. The van der Waals surface area contributed by atoms with Crippen LogP contribution in [0.3, 0.4) is 0 Å². The van der Waals surface area contributed by atoms with Gasteiger partial charge in [-0.15, -0.1) is 0 Å². The highest BCUT2D eigenvalue weighted by Crippen LogP contribution is 2.36. The van der Waals surface area contributed by atoms with Crippen LogP contribution in [0.25, 0.3) is 10.9 Å². The fourth-order valence-electron chi connectivity index (χ4n) is 1.89. The fourth-order valence-corrected chi connectivity index (χ4v) is 2.90. The molecule has 2 nitrogen and oxygen atoms in total. The number of fused-ring (bicyclic) bond motifs is 1. The molecule has 0 saturated carbocycles. The predicted octanol–water partition coefficient (Wildman–Crippen LogP) is 4.11. The number of anilines is 1. The lowest BCUT2D eigenvalue weighted by Gasteiger charge is -2.09. The standard InChI is InChI=1S/C15H11FN2S/c16-10-4-3-5-11(8-10)19-15-12-6-1-2-7-14(12)18-9-13(15)17/h1-9H,17H2. The average molecular weight is 270 g/mol. The van der Waals surface area contributed by atoms with E-state index in [4.69, 9.17) is 5.73 Å². The Labute approximate surface area is 114 Å². The number of pyridine rings is 1. The maximum Gasteiger partial charge on any atom is 0.124 e. The number of aromatic nitrogens is 1. The molecule has 1 aromatic heterocycles. The Morgan fingerprint density at radius 1 is 1.05 bits per heavy atom. The third kappa shape index (κ3) is 2.39. The van der Waals surface area contributed by atoms with Gasteiger partial charge in [-0.3, -0.25) is 4.98 Å². The Balaban J connectivity index is 2.12. The van der Waals surface area contributed by atoms with Crippen LogP contribution in [0.15, 0.2) is 64.5 Å². The molecule has 0 atom stereocenters. The smallest absolute Gasteiger partial charge is 0.124 e. The summed E-state index contributed by atoms with van der Waals surface area (Å²) >= 11 is 1.45. The molecule has 0 aliphatic rings. The Hall–Kier alpha value is -2.07. The first-order valence-corrected chi connectivity index (χ1v) is 6.62. The average Bonchev–Trinajstić information content (AvgIpc) is 2.42. The van der Waals surface area contributed by atoms with E-state index in [-0.39, 0.29) is 5.82 Å². The van der Waals surface area contributed by atoms with Gasteiger partial charge < -0.3 is 5.73 Å². The third-order valence-electron chi connectivity index (χ3n) is 2.77. The third-order valence-corrected chi connectivity index (χ3v) is 3.92. The van der Waals surface area contributed by atoms with Crippen molar-refractivity contribution in [2.24, 2.45) is 0 Å². The fraction of sp³-hybridized carbons (Fsp3) is 0. The summed E-state index contributed by atoms with van der Waals surface area (Å²) in [6.07, 6.45) is 1.64. The second kappa shape index (κ2) is 4.90. The number of halogens is 1. The van der Waals surface area contributed by atoms with Crippen molar-refractivity contribution in [3.63, 3.8) is 0 Å². The van der Waals surface area contributed by atoms with Gasteiger partial charge in [0.05, 0.1) is 17.4 Å². The summed E-state index contributed by atoms with van der Waals surface area (Å²) in [7, 11) is 0. The summed E-state index contributed by atoms with van der Waals surface area (Å²) in [6, 6.07) is 14.3. The normalized spacial score (nSPS) is 10.8. The molecule has 1 heterocycles. The maximum atomic E-state index is 13.2. The van der Waals surface area contributed by atoms with Gasteiger partial charge in [-0.25, -0.2) is 4.39 Å².